The van der Waals surface area contributed by atoms with Crippen LogP contribution in [0.1, 0.15) is 43.6 Å². The third-order valence-electron chi connectivity index (χ3n) is 4.92. The monoisotopic (exact) mass is 340 g/mol. The molecular weight excluding hydrogens is 320 g/mol. The Hall–Kier alpha value is -2.78. The fraction of sp³-hybridized carbons (Fsp3) is 0.368. The molecule has 25 heavy (non-hydrogen) atoms. The van der Waals surface area contributed by atoms with E-state index in [0.29, 0.717) is 28.2 Å². The molecule has 2 aromatic rings. The number of nitrogens with zero attached hydrogens (tertiary/aromatic N) is 1. The van der Waals surface area contributed by atoms with E-state index in [1.807, 2.05) is 0 Å². The van der Waals surface area contributed by atoms with E-state index in [1.165, 1.54) is 6.20 Å². The lowest BCUT2D eigenvalue weighted by Crippen LogP contribution is -2.59. The van der Waals surface area contributed by atoms with Crippen molar-refractivity contribution in [2.75, 3.05) is 0 Å². The predicted octanol–water partition coefficient (Wildman–Crippen LogP) is 2.60. The Balaban J connectivity index is 2.17. The van der Waals surface area contributed by atoms with Gasteiger partial charge < -0.3 is 19.6 Å². The SMILES string of the molecule is Cc1c(OC2c3cc(C#N)ccc3OC(C)(C)C2(C)O)cc[nH]c1=O. The zero-order valence-electron chi connectivity index (χ0n) is 14.6. The third kappa shape index (κ3) is 2.67. The summed E-state index contributed by atoms with van der Waals surface area (Å²) in [6, 6.07) is 8.73. The van der Waals surface area contributed by atoms with Crippen LogP contribution in [-0.4, -0.2) is 21.3 Å². The largest absolute Gasteiger partial charge is 0.484 e. The van der Waals surface area contributed by atoms with Gasteiger partial charge in [0.2, 0.25) is 0 Å². The van der Waals surface area contributed by atoms with Crippen molar-refractivity contribution in [3.63, 3.8) is 0 Å². The third-order valence-corrected chi connectivity index (χ3v) is 4.92. The lowest BCUT2D eigenvalue weighted by Gasteiger charge is -2.49. The van der Waals surface area contributed by atoms with Crippen molar-refractivity contribution in [2.45, 2.75) is 45.0 Å². The van der Waals surface area contributed by atoms with Gasteiger partial charge in [-0.05, 0) is 52.0 Å². The molecule has 0 saturated carbocycles. The van der Waals surface area contributed by atoms with Crippen molar-refractivity contribution in [1.82, 2.24) is 4.98 Å². The van der Waals surface area contributed by atoms with E-state index in [9.17, 15) is 15.2 Å². The molecule has 0 radical (unpaired) electrons. The quantitative estimate of drug-likeness (QED) is 0.876. The average molecular weight is 340 g/mol. The molecule has 0 bridgehead atoms. The molecule has 0 aliphatic carbocycles. The van der Waals surface area contributed by atoms with Crippen LogP contribution in [-0.2, 0) is 0 Å². The van der Waals surface area contributed by atoms with E-state index in [0.717, 1.165) is 0 Å². The lowest BCUT2D eigenvalue weighted by molar-refractivity contribution is -0.174. The number of fused-ring (bicyclic) bond motifs is 1. The van der Waals surface area contributed by atoms with E-state index < -0.39 is 17.3 Å². The van der Waals surface area contributed by atoms with Gasteiger partial charge in [-0.15, -0.1) is 0 Å². The second-order valence-corrected chi connectivity index (χ2v) is 6.92. The van der Waals surface area contributed by atoms with E-state index in [1.54, 1.807) is 52.0 Å². The van der Waals surface area contributed by atoms with Gasteiger partial charge in [0.05, 0.1) is 17.2 Å². The van der Waals surface area contributed by atoms with Crippen LogP contribution in [0.25, 0.3) is 0 Å². The van der Waals surface area contributed by atoms with Crippen LogP contribution in [0.2, 0.25) is 0 Å². The molecule has 6 heteroatoms. The first kappa shape index (κ1) is 17.1. The minimum absolute atomic E-state index is 0.255. The number of ether oxygens (including phenoxy) is 2. The Morgan fingerprint density at radius 1 is 1.32 bits per heavy atom. The second-order valence-electron chi connectivity index (χ2n) is 6.92. The Morgan fingerprint density at radius 3 is 2.72 bits per heavy atom. The van der Waals surface area contributed by atoms with Gasteiger partial charge in [-0.2, -0.15) is 5.26 Å². The topological polar surface area (TPSA) is 95.3 Å². The van der Waals surface area contributed by atoms with Crippen molar-refractivity contribution in [3.05, 3.63) is 57.5 Å². The molecule has 0 spiro atoms. The predicted molar refractivity (Wildman–Crippen MR) is 91.7 cm³/mol. The number of aromatic amines is 1. The summed E-state index contributed by atoms with van der Waals surface area (Å²) < 4.78 is 12.0. The first-order chi connectivity index (χ1) is 11.7. The maximum atomic E-state index is 11.9. The normalized spacial score (nSPS) is 23.9. The maximum Gasteiger partial charge on any atom is 0.254 e. The Bertz CT molecular complexity index is 922. The Labute approximate surface area is 145 Å². The van der Waals surface area contributed by atoms with Crippen LogP contribution in [0.5, 0.6) is 11.5 Å². The van der Waals surface area contributed by atoms with Gasteiger partial charge in [0, 0.05) is 11.8 Å². The summed E-state index contributed by atoms with van der Waals surface area (Å²) in [7, 11) is 0. The number of nitrogens with one attached hydrogen (secondary N) is 1. The lowest BCUT2D eigenvalue weighted by atomic mass is 9.76. The molecule has 1 aromatic heterocycles. The van der Waals surface area contributed by atoms with Gasteiger partial charge in [-0.25, -0.2) is 0 Å². The summed E-state index contributed by atoms with van der Waals surface area (Å²) in [5, 5.41) is 20.4. The summed E-state index contributed by atoms with van der Waals surface area (Å²) in [5.41, 5.74) is -1.16. The van der Waals surface area contributed by atoms with Crippen molar-refractivity contribution in [2.24, 2.45) is 0 Å². The Morgan fingerprint density at radius 2 is 2.04 bits per heavy atom. The zero-order valence-corrected chi connectivity index (χ0v) is 14.6. The first-order valence-electron chi connectivity index (χ1n) is 7.98. The molecule has 2 atom stereocenters. The first-order valence-corrected chi connectivity index (χ1v) is 7.98. The number of benzene rings is 1. The smallest absolute Gasteiger partial charge is 0.254 e. The number of pyridine rings is 1. The Kier molecular flexibility index (Phi) is 3.85. The van der Waals surface area contributed by atoms with Crippen LogP contribution < -0.4 is 15.0 Å². The fourth-order valence-corrected chi connectivity index (χ4v) is 2.88. The van der Waals surface area contributed by atoms with Crippen molar-refractivity contribution in [3.8, 4) is 17.6 Å². The van der Waals surface area contributed by atoms with E-state index in [4.69, 9.17) is 9.47 Å². The highest BCUT2D eigenvalue weighted by molar-refractivity contribution is 5.47. The standard InChI is InChI=1S/C19H20N2O4/c1-11-14(7-8-21-17(11)22)24-16-13-9-12(10-20)5-6-15(13)25-18(2,3)19(16,4)23/h5-9,16,23H,1-4H3,(H,21,22). The molecule has 2 N–H and O–H groups in total. The van der Waals surface area contributed by atoms with Gasteiger partial charge >= 0.3 is 0 Å². The molecule has 3 rings (SSSR count). The summed E-state index contributed by atoms with van der Waals surface area (Å²) >= 11 is 0. The van der Waals surface area contributed by atoms with Crippen LogP contribution in [0, 0.1) is 18.3 Å². The van der Waals surface area contributed by atoms with Crippen molar-refractivity contribution in [1.29, 1.82) is 5.26 Å². The molecule has 2 heterocycles. The number of nitriles is 1. The number of rotatable bonds is 2. The summed E-state index contributed by atoms with van der Waals surface area (Å²) in [5.74, 6) is 0.919. The zero-order chi connectivity index (χ0) is 18.4. The highest BCUT2D eigenvalue weighted by atomic mass is 16.5. The molecule has 0 fully saturated rings. The van der Waals surface area contributed by atoms with Gasteiger partial charge in [0.1, 0.15) is 22.7 Å². The van der Waals surface area contributed by atoms with Gasteiger partial charge in [0.15, 0.2) is 6.10 Å². The molecule has 0 saturated heterocycles. The van der Waals surface area contributed by atoms with Gasteiger partial charge in [0.25, 0.3) is 5.56 Å². The molecule has 6 nitrogen and oxygen atoms in total. The summed E-state index contributed by atoms with van der Waals surface area (Å²) in [4.78, 5) is 14.4. The molecule has 0 amide bonds. The minimum Gasteiger partial charge on any atom is -0.484 e. The average Bonchev–Trinajstić information content (AvgIpc) is 2.55. The molecule has 130 valence electrons. The number of H-pyrrole nitrogens is 1. The van der Waals surface area contributed by atoms with Crippen molar-refractivity contribution < 1.29 is 14.6 Å². The second kappa shape index (κ2) is 5.64. The fourth-order valence-electron chi connectivity index (χ4n) is 2.88. The van der Waals surface area contributed by atoms with Crippen LogP contribution >= 0.6 is 0 Å². The molecule has 2 unspecified atom stereocenters. The van der Waals surface area contributed by atoms with Gasteiger partial charge in [-0.1, -0.05) is 0 Å². The van der Waals surface area contributed by atoms with Crippen molar-refractivity contribution >= 4 is 0 Å². The maximum absolute atomic E-state index is 11.9. The number of hydrogen-bond acceptors (Lipinski definition) is 5. The number of aliphatic hydroxyl groups is 1. The summed E-state index contributed by atoms with van der Waals surface area (Å²) in [6.07, 6.45) is 0.691. The summed E-state index contributed by atoms with van der Waals surface area (Å²) in [6.45, 7) is 6.83. The molecular formula is C19H20N2O4. The molecule has 1 aromatic carbocycles. The highest BCUT2D eigenvalue weighted by Crippen LogP contribution is 2.48. The van der Waals surface area contributed by atoms with E-state index in [2.05, 4.69) is 11.1 Å². The minimum atomic E-state index is -1.40. The molecule has 1 aliphatic rings. The van der Waals surface area contributed by atoms with Crippen LogP contribution in [0.4, 0.5) is 0 Å². The van der Waals surface area contributed by atoms with Gasteiger partial charge in [-0.3, -0.25) is 4.79 Å². The number of hydrogen-bond donors (Lipinski definition) is 2. The molecule has 1 aliphatic heterocycles. The highest BCUT2D eigenvalue weighted by Gasteiger charge is 2.54. The van der Waals surface area contributed by atoms with E-state index in [-0.39, 0.29) is 5.56 Å². The van der Waals surface area contributed by atoms with Crippen LogP contribution in [0.3, 0.4) is 0 Å². The van der Waals surface area contributed by atoms with E-state index >= 15 is 0 Å². The number of aromatic nitrogens is 1. The van der Waals surface area contributed by atoms with Crippen LogP contribution in [0.15, 0.2) is 35.3 Å².